The van der Waals surface area contributed by atoms with Crippen LogP contribution in [0.15, 0.2) is 83.9 Å². The molecule has 26 heavy (non-hydrogen) atoms. The molecule has 3 heteroatoms. The van der Waals surface area contributed by atoms with Crippen LogP contribution in [0.1, 0.15) is 22.9 Å². The molecule has 1 atom stereocenters. The van der Waals surface area contributed by atoms with E-state index in [2.05, 4.69) is 95.1 Å². The molecule has 3 aromatic rings. The van der Waals surface area contributed by atoms with Crippen LogP contribution in [-0.2, 0) is 13.0 Å². The van der Waals surface area contributed by atoms with Gasteiger partial charge in [0.1, 0.15) is 0 Å². The minimum Gasteiger partial charge on any atom is -0.284 e. The van der Waals surface area contributed by atoms with Gasteiger partial charge in [0.05, 0.1) is 5.36 Å². The first kappa shape index (κ1) is 15.4. The molecule has 1 unspecified atom stereocenters. The summed E-state index contributed by atoms with van der Waals surface area (Å²) >= 11 is 0. The predicted octanol–water partition coefficient (Wildman–Crippen LogP) is 3.03. The first-order chi connectivity index (χ1) is 12.9. The molecule has 5 rings (SSSR count). The lowest BCUT2D eigenvalue weighted by Gasteiger charge is -2.41. The molecule has 3 aromatic carbocycles. The smallest absolute Gasteiger partial charge is 0.161 e. The third-order valence-corrected chi connectivity index (χ3v) is 5.25. The second kappa shape index (κ2) is 6.43. The highest BCUT2D eigenvalue weighted by atomic mass is 15.6. The average Bonchev–Trinajstić information content (AvgIpc) is 2.73. The molecule has 2 aliphatic heterocycles. The van der Waals surface area contributed by atoms with Crippen LogP contribution in [0.3, 0.4) is 0 Å². The Labute approximate surface area is 153 Å². The maximum absolute atomic E-state index is 5.08. The van der Waals surface area contributed by atoms with Crippen molar-refractivity contribution in [1.82, 2.24) is 10.0 Å². The summed E-state index contributed by atoms with van der Waals surface area (Å²) < 4.78 is 0. The number of rotatable bonds is 2. The Hall–Kier alpha value is -2.91. The summed E-state index contributed by atoms with van der Waals surface area (Å²) in [7, 11) is 0. The number of benzene rings is 3. The van der Waals surface area contributed by atoms with Gasteiger partial charge in [0.15, 0.2) is 6.17 Å². The van der Waals surface area contributed by atoms with E-state index in [4.69, 9.17) is 4.99 Å². The third kappa shape index (κ3) is 2.71. The summed E-state index contributed by atoms with van der Waals surface area (Å²) in [5, 5.41) is 7.00. The van der Waals surface area contributed by atoms with Crippen LogP contribution in [-0.4, -0.2) is 16.6 Å². The molecule has 0 saturated heterocycles. The quantitative estimate of drug-likeness (QED) is 0.715. The number of para-hydroxylation sites is 1. The summed E-state index contributed by atoms with van der Waals surface area (Å²) in [5.41, 5.74) is 4.10. The second-order valence-electron chi connectivity index (χ2n) is 6.89. The van der Waals surface area contributed by atoms with Crippen LogP contribution in [0.5, 0.6) is 0 Å². The Kier molecular flexibility index (Phi) is 3.80. The van der Waals surface area contributed by atoms with Crippen LogP contribution in [0.2, 0.25) is 0 Å². The van der Waals surface area contributed by atoms with E-state index in [1.54, 1.807) is 0 Å². The summed E-state index contributed by atoms with van der Waals surface area (Å²) in [5.74, 6) is 0. The van der Waals surface area contributed by atoms with E-state index >= 15 is 0 Å². The highest BCUT2D eigenvalue weighted by Crippen LogP contribution is 2.29. The first-order valence-electron chi connectivity index (χ1n) is 9.18. The lowest BCUT2D eigenvalue weighted by Crippen LogP contribution is -2.48. The SMILES string of the molecule is C1=c2ccccc2=NC(c2ccccc2)N1N1CCc2ccccc2C1. The van der Waals surface area contributed by atoms with Crippen LogP contribution in [0, 0.1) is 0 Å². The highest BCUT2D eigenvalue weighted by molar-refractivity contribution is 5.32. The van der Waals surface area contributed by atoms with Gasteiger partial charge in [0.25, 0.3) is 0 Å². The number of hydrogen-bond donors (Lipinski definition) is 0. The predicted molar refractivity (Wildman–Crippen MR) is 103 cm³/mol. The van der Waals surface area contributed by atoms with Crippen molar-refractivity contribution in [1.29, 1.82) is 0 Å². The zero-order valence-electron chi connectivity index (χ0n) is 14.6. The zero-order chi connectivity index (χ0) is 17.3. The first-order valence-corrected chi connectivity index (χ1v) is 9.18. The van der Waals surface area contributed by atoms with Gasteiger partial charge in [0.2, 0.25) is 0 Å². The maximum Gasteiger partial charge on any atom is 0.161 e. The molecule has 0 fully saturated rings. The van der Waals surface area contributed by atoms with E-state index in [-0.39, 0.29) is 6.17 Å². The standard InChI is InChI=1S/C23H21N3/c1-2-9-19(10-3-1)23-24-22-13-7-6-12-21(22)17-26(23)25-15-14-18-8-4-5-11-20(18)16-25/h1-13,17,23H,14-16H2. The molecule has 0 saturated carbocycles. The van der Waals surface area contributed by atoms with Crippen LogP contribution in [0.4, 0.5) is 0 Å². The van der Waals surface area contributed by atoms with Gasteiger partial charge >= 0.3 is 0 Å². The third-order valence-electron chi connectivity index (χ3n) is 5.25. The van der Waals surface area contributed by atoms with Gasteiger partial charge in [-0.3, -0.25) is 10.0 Å². The van der Waals surface area contributed by atoms with Gasteiger partial charge in [-0.2, -0.15) is 0 Å². The zero-order valence-corrected chi connectivity index (χ0v) is 14.6. The number of hydrogen-bond acceptors (Lipinski definition) is 3. The lowest BCUT2D eigenvalue weighted by molar-refractivity contribution is -0.0124. The number of fused-ring (bicyclic) bond motifs is 2. The Morgan fingerprint density at radius 1 is 0.769 bits per heavy atom. The van der Waals surface area contributed by atoms with Gasteiger partial charge in [-0.1, -0.05) is 72.8 Å². The molecule has 0 aliphatic carbocycles. The molecular weight excluding hydrogens is 318 g/mol. The van der Waals surface area contributed by atoms with Gasteiger partial charge < -0.3 is 0 Å². The molecule has 2 heterocycles. The fourth-order valence-electron chi connectivity index (χ4n) is 3.88. The van der Waals surface area contributed by atoms with Gasteiger partial charge in [-0.15, -0.1) is 0 Å². The van der Waals surface area contributed by atoms with Crippen molar-refractivity contribution in [3.05, 3.63) is 106 Å². The summed E-state index contributed by atoms with van der Waals surface area (Å²) in [6.07, 6.45) is 3.31. The molecule has 0 N–H and O–H groups in total. The van der Waals surface area contributed by atoms with Gasteiger partial charge in [0, 0.05) is 24.5 Å². The minimum absolute atomic E-state index is 0.0173. The monoisotopic (exact) mass is 339 g/mol. The molecule has 0 amide bonds. The van der Waals surface area contributed by atoms with E-state index < -0.39 is 0 Å². The largest absolute Gasteiger partial charge is 0.284 e. The van der Waals surface area contributed by atoms with Crippen molar-refractivity contribution in [2.45, 2.75) is 19.1 Å². The average molecular weight is 339 g/mol. The number of hydrazine groups is 1. The van der Waals surface area contributed by atoms with Crippen molar-refractivity contribution in [2.75, 3.05) is 6.54 Å². The van der Waals surface area contributed by atoms with Crippen molar-refractivity contribution >= 4 is 6.20 Å². The van der Waals surface area contributed by atoms with Gasteiger partial charge in [-0.25, -0.2) is 5.01 Å². The Balaban J connectivity index is 1.58. The Morgan fingerprint density at radius 2 is 1.50 bits per heavy atom. The van der Waals surface area contributed by atoms with Crippen LogP contribution >= 0.6 is 0 Å². The van der Waals surface area contributed by atoms with Gasteiger partial charge in [-0.05, 0) is 29.2 Å². The molecule has 0 spiro atoms. The fraction of sp³-hybridized carbons (Fsp3) is 0.174. The fourth-order valence-corrected chi connectivity index (χ4v) is 3.88. The minimum atomic E-state index is -0.0173. The van der Waals surface area contributed by atoms with E-state index in [0.29, 0.717) is 0 Å². The molecule has 2 aliphatic rings. The highest BCUT2D eigenvalue weighted by Gasteiger charge is 2.27. The molecule has 0 bridgehead atoms. The molecule has 128 valence electrons. The topological polar surface area (TPSA) is 18.8 Å². The second-order valence-corrected chi connectivity index (χ2v) is 6.89. The van der Waals surface area contributed by atoms with Crippen molar-refractivity contribution in [2.24, 2.45) is 4.99 Å². The van der Waals surface area contributed by atoms with E-state index in [1.807, 2.05) is 0 Å². The van der Waals surface area contributed by atoms with Crippen molar-refractivity contribution in [3.8, 4) is 0 Å². The normalized spacial score (nSPS) is 19.1. The number of nitrogens with zero attached hydrogens (tertiary/aromatic N) is 3. The van der Waals surface area contributed by atoms with Crippen LogP contribution < -0.4 is 10.6 Å². The van der Waals surface area contributed by atoms with E-state index in [0.717, 1.165) is 24.9 Å². The molecule has 3 nitrogen and oxygen atoms in total. The van der Waals surface area contributed by atoms with E-state index in [1.165, 1.54) is 21.9 Å². The lowest BCUT2D eigenvalue weighted by atomic mass is 10.0. The summed E-state index contributed by atoms with van der Waals surface area (Å²) in [4.78, 5) is 5.08. The molecule has 0 aromatic heterocycles. The molecular formula is C23H21N3. The Morgan fingerprint density at radius 3 is 2.38 bits per heavy atom. The van der Waals surface area contributed by atoms with Crippen molar-refractivity contribution in [3.63, 3.8) is 0 Å². The van der Waals surface area contributed by atoms with Crippen molar-refractivity contribution < 1.29 is 0 Å². The van der Waals surface area contributed by atoms with E-state index in [9.17, 15) is 0 Å². The summed E-state index contributed by atoms with van der Waals surface area (Å²) in [6, 6.07) is 27.7. The van der Waals surface area contributed by atoms with Crippen LogP contribution in [0.25, 0.3) is 6.20 Å². The Bertz CT molecular complexity index is 1040. The summed E-state index contributed by atoms with van der Waals surface area (Å²) in [6.45, 7) is 1.93. The maximum atomic E-state index is 5.08. The molecule has 0 radical (unpaired) electrons.